The van der Waals surface area contributed by atoms with Crippen molar-refractivity contribution in [2.45, 2.75) is 116 Å². The van der Waals surface area contributed by atoms with Crippen molar-refractivity contribution in [2.24, 2.45) is 4.99 Å². The third-order valence-electron chi connectivity index (χ3n) is 7.64. The first kappa shape index (κ1) is 29.0. The number of cyclic esters (lactones) is 1. The molecule has 6 nitrogen and oxygen atoms in total. The van der Waals surface area contributed by atoms with Gasteiger partial charge in [0.1, 0.15) is 6.10 Å². The van der Waals surface area contributed by atoms with E-state index in [1.807, 2.05) is 18.7 Å². The maximum absolute atomic E-state index is 13.5. The van der Waals surface area contributed by atoms with Gasteiger partial charge in [0, 0.05) is 29.6 Å². The first-order valence-electron chi connectivity index (χ1n) is 14.3. The van der Waals surface area contributed by atoms with Gasteiger partial charge in [0.15, 0.2) is 5.60 Å². The number of aliphatic imine (C=N–C) groups is 1. The molecule has 2 aliphatic rings. The van der Waals surface area contributed by atoms with Crippen molar-refractivity contribution in [3.05, 3.63) is 70.8 Å². The van der Waals surface area contributed by atoms with Crippen LogP contribution in [-0.4, -0.2) is 47.8 Å². The summed E-state index contributed by atoms with van der Waals surface area (Å²) in [5.41, 5.74) is 3.58. The SMILES string of the molecule is CC(C)N=C(NC(C)C)O[C@@H]1C[C@H]2N(C1)C(=O)OC2(c1ccc(C(C)(C)C)cc1)c1ccc(C(C)(C)C)cc1. The van der Waals surface area contributed by atoms with Crippen molar-refractivity contribution < 1.29 is 14.3 Å². The second-order valence-electron chi connectivity index (χ2n) is 13.7. The standard InChI is InChI=1S/C33H47N3O3/c1-21(2)34-29(35-22(3)4)38-27-19-28-33(39-30(37)36(28)20-27,25-15-11-23(12-16-25)31(5,6)7)26-17-13-24(14-18-26)32(8,9)10/h11-18,21-22,27-28H,19-20H2,1-10H3,(H,34,35)/t27-,28-/m1/s1. The molecule has 6 heteroatoms. The maximum atomic E-state index is 13.5. The summed E-state index contributed by atoms with van der Waals surface area (Å²) < 4.78 is 12.8. The van der Waals surface area contributed by atoms with Crippen LogP contribution in [0.4, 0.5) is 4.79 Å². The molecule has 0 unspecified atom stereocenters. The monoisotopic (exact) mass is 533 g/mol. The van der Waals surface area contributed by atoms with E-state index in [0.717, 1.165) is 11.1 Å². The topological polar surface area (TPSA) is 63.2 Å². The predicted octanol–water partition coefficient (Wildman–Crippen LogP) is 6.90. The van der Waals surface area contributed by atoms with Crippen LogP contribution < -0.4 is 5.32 Å². The summed E-state index contributed by atoms with van der Waals surface area (Å²) in [6.45, 7) is 21.9. The molecule has 1 amide bonds. The lowest BCUT2D eigenvalue weighted by Crippen LogP contribution is -2.41. The van der Waals surface area contributed by atoms with Crippen LogP contribution in [0.5, 0.6) is 0 Å². The summed E-state index contributed by atoms with van der Waals surface area (Å²) in [5.74, 6) is 0. The number of nitrogens with zero attached hydrogens (tertiary/aromatic N) is 2. The van der Waals surface area contributed by atoms with E-state index in [4.69, 9.17) is 9.47 Å². The molecule has 2 fully saturated rings. The third kappa shape index (κ3) is 5.95. The van der Waals surface area contributed by atoms with Crippen LogP contribution in [0.3, 0.4) is 0 Å². The average molecular weight is 534 g/mol. The normalized spacial score (nSPS) is 21.4. The van der Waals surface area contributed by atoms with E-state index < -0.39 is 5.60 Å². The number of nitrogens with one attached hydrogen (secondary N) is 1. The molecule has 2 saturated heterocycles. The Morgan fingerprint density at radius 1 is 0.923 bits per heavy atom. The van der Waals surface area contributed by atoms with E-state index in [-0.39, 0.29) is 41.2 Å². The summed E-state index contributed by atoms with van der Waals surface area (Å²) in [5, 5.41) is 3.33. The van der Waals surface area contributed by atoms with Gasteiger partial charge in [0.05, 0.1) is 12.6 Å². The molecule has 0 aromatic heterocycles. The minimum Gasteiger partial charge on any atom is -0.460 e. The third-order valence-corrected chi connectivity index (χ3v) is 7.64. The highest BCUT2D eigenvalue weighted by molar-refractivity contribution is 5.76. The number of amidine groups is 1. The van der Waals surface area contributed by atoms with E-state index in [2.05, 4.69) is 114 Å². The molecule has 0 spiro atoms. The Morgan fingerprint density at radius 2 is 1.41 bits per heavy atom. The molecule has 1 N–H and O–H groups in total. The first-order chi connectivity index (χ1) is 18.1. The zero-order chi connectivity index (χ0) is 28.8. The summed E-state index contributed by atoms with van der Waals surface area (Å²) in [6.07, 6.45) is 0.156. The van der Waals surface area contributed by atoms with Crippen LogP contribution in [0.2, 0.25) is 0 Å². The van der Waals surface area contributed by atoms with Gasteiger partial charge < -0.3 is 14.8 Å². The zero-order valence-electron chi connectivity index (χ0n) is 25.5. The number of amides is 1. The van der Waals surface area contributed by atoms with Gasteiger partial charge in [-0.25, -0.2) is 9.79 Å². The lowest BCUT2D eigenvalue weighted by molar-refractivity contribution is 0.0575. The Bertz CT molecular complexity index is 1130. The highest BCUT2D eigenvalue weighted by atomic mass is 16.6. The number of benzene rings is 2. The van der Waals surface area contributed by atoms with E-state index in [0.29, 0.717) is 19.0 Å². The van der Waals surface area contributed by atoms with Crippen molar-refractivity contribution in [1.82, 2.24) is 10.2 Å². The summed E-state index contributed by atoms with van der Waals surface area (Å²) in [7, 11) is 0. The second kappa shape index (κ2) is 10.5. The fourth-order valence-corrected chi connectivity index (χ4v) is 5.58. The van der Waals surface area contributed by atoms with Gasteiger partial charge in [-0.3, -0.25) is 4.90 Å². The molecule has 2 aromatic rings. The number of fused-ring (bicyclic) bond motifs is 1. The van der Waals surface area contributed by atoms with Crippen LogP contribution in [0.1, 0.15) is 97.9 Å². The molecule has 2 aromatic carbocycles. The summed E-state index contributed by atoms with van der Waals surface area (Å²) in [6, 6.07) is 17.8. The molecule has 0 radical (unpaired) electrons. The quantitative estimate of drug-likeness (QED) is 0.336. The number of hydrogen-bond donors (Lipinski definition) is 1. The predicted molar refractivity (Wildman–Crippen MR) is 158 cm³/mol. The molecule has 4 rings (SSSR count). The molecular weight excluding hydrogens is 486 g/mol. The van der Waals surface area contributed by atoms with Gasteiger partial charge in [-0.05, 0) is 49.7 Å². The van der Waals surface area contributed by atoms with Crippen LogP contribution in [0.15, 0.2) is 53.5 Å². The molecule has 2 aliphatic heterocycles. The van der Waals surface area contributed by atoms with Crippen molar-refractivity contribution in [2.75, 3.05) is 6.54 Å². The van der Waals surface area contributed by atoms with Crippen LogP contribution in [0.25, 0.3) is 0 Å². The number of rotatable bonds is 5. The Hall–Kier alpha value is -3.02. The molecule has 2 atom stereocenters. The summed E-state index contributed by atoms with van der Waals surface area (Å²) >= 11 is 0. The van der Waals surface area contributed by atoms with E-state index >= 15 is 0 Å². The van der Waals surface area contributed by atoms with Gasteiger partial charge in [0.2, 0.25) is 0 Å². The fraction of sp³-hybridized carbons (Fsp3) is 0.576. The van der Waals surface area contributed by atoms with E-state index in [1.165, 1.54) is 11.1 Å². The Morgan fingerprint density at radius 3 is 1.82 bits per heavy atom. The van der Waals surface area contributed by atoms with Crippen molar-refractivity contribution >= 4 is 12.1 Å². The zero-order valence-corrected chi connectivity index (χ0v) is 25.5. The molecule has 212 valence electrons. The Balaban J connectivity index is 1.76. The molecule has 0 aliphatic carbocycles. The minimum absolute atomic E-state index is 0.0281. The van der Waals surface area contributed by atoms with Crippen molar-refractivity contribution in [1.29, 1.82) is 0 Å². The number of carbonyl (C=O) groups is 1. The number of carbonyl (C=O) groups excluding carboxylic acids is 1. The van der Waals surface area contributed by atoms with Crippen molar-refractivity contribution in [3.8, 4) is 0 Å². The van der Waals surface area contributed by atoms with E-state index in [1.54, 1.807) is 0 Å². The minimum atomic E-state index is -0.928. The van der Waals surface area contributed by atoms with Gasteiger partial charge in [-0.1, -0.05) is 90.1 Å². The van der Waals surface area contributed by atoms with Crippen LogP contribution >= 0.6 is 0 Å². The molecule has 0 saturated carbocycles. The van der Waals surface area contributed by atoms with Gasteiger partial charge in [-0.15, -0.1) is 0 Å². The molecule has 2 heterocycles. The summed E-state index contributed by atoms with van der Waals surface area (Å²) in [4.78, 5) is 20.0. The van der Waals surface area contributed by atoms with Gasteiger partial charge >= 0.3 is 6.09 Å². The maximum Gasteiger partial charge on any atom is 0.411 e. The molecular formula is C33H47N3O3. The van der Waals surface area contributed by atoms with Crippen LogP contribution in [-0.2, 0) is 25.9 Å². The largest absolute Gasteiger partial charge is 0.460 e. The second-order valence-corrected chi connectivity index (χ2v) is 13.7. The number of ether oxygens (including phenoxy) is 2. The highest BCUT2D eigenvalue weighted by Crippen LogP contribution is 2.49. The first-order valence-corrected chi connectivity index (χ1v) is 14.3. The Labute approximate surface area is 235 Å². The molecule has 0 bridgehead atoms. The lowest BCUT2D eigenvalue weighted by atomic mass is 9.76. The van der Waals surface area contributed by atoms with Gasteiger partial charge in [-0.2, -0.15) is 0 Å². The average Bonchev–Trinajstić information content (AvgIpc) is 3.35. The highest BCUT2D eigenvalue weighted by Gasteiger charge is 2.60. The molecule has 39 heavy (non-hydrogen) atoms. The fourth-order valence-electron chi connectivity index (χ4n) is 5.58. The Kier molecular flexibility index (Phi) is 7.81. The van der Waals surface area contributed by atoms with Gasteiger partial charge in [0.25, 0.3) is 6.02 Å². The smallest absolute Gasteiger partial charge is 0.411 e. The lowest BCUT2D eigenvalue weighted by Gasteiger charge is -2.34. The van der Waals surface area contributed by atoms with Crippen molar-refractivity contribution in [3.63, 3.8) is 0 Å². The van der Waals surface area contributed by atoms with Crippen LogP contribution in [0, 0.1) is 0 Å². The number of hydrogen-bond acceptors (Lipinski definition) is 4. The van der Waals surface area contributed by atoms with E-state index in [9.17, 15) is 4.79 Å².